The molecule has 0 aliphatic heterocycles. The van der Waals surface area contributed by atoms with Crippen molar-refractivity contribution < 1.29 is 16.9 Å². The molecule has 7 heteroatoms. The summed E-state index contributed by atoms with van der Waals surface area (Å²) in [6.45, 7) is 1.84. The van der Waals surface area contributed by atoms with Crippen molar-refractivity contribution in [3.8, 4) is 0 Å². The van der Waals surface area contributed by atoms with Gasteiger partial charge in [0.25, 0.3) is 0 Å². The molecule has 0 radical (unpaired) electrons. The molecule has 0 saturated carbocycles. The largest absolute Gasteiger partial charge is 0.319 e. The number of hydrogen-bond donors (Lipinski definition) is 0. The van der Waals surface area contributed by atoms with Crippen molar-refractivity contribution in [1.82, 2.24) is 0 Å². The molecule has 5 nitrogen and oxygen atoms in total. The molecule has 21 heavy (non-hydrogen) atoms. The highest BCUT2D eigenvalue weighted by Crippen LogP contribution is 2.16. The number of aryl methyl sites for hydroxylation is 1. The van der Waals surface area contributed by atoms with Gasteiger partial charge in [-0.25, -0.2) is 4.21 Å². The first-order valence-corrected chi connectivity index (χ1v) is 9.41. The lowest BCUT2D eigenvalue weighted by atomic mass is 10.2. The number of nitrogens with zero attached hydrogens (tertiary/aromatic N) is 1. The molecule has 0 aliphatic rings. The summed E-state index contributed by atoms with van der Waals surface area (Å²) in [4.78, 5) is 0.379. The Morgan fingerprint density at radius 2 is 1.43 bits per heavy atom. The third kappa shape index (κ3) is 3.90. The van der Waals surface area contributed by atoms with Crippen molar-refractivity contribution >= 4 is 19.8 Å². The second kappa shape index (κ2) is 5.97. The Kier molecular flexibility index (Phi) is 4.46. The predicted octanol–water partition coefficient (Wildman–Crippen LogP) is 2.77. The molecular formula is C14H15NO4S2. The fourth-order valence-electron chi connectivity index (χ4n) is 1.56. The Balaban J connectivity index is 2.31. The van der Waals surface area contributed by atoms with Crippen LogP contribution in [0.25, 0.3) is 0 Å². The van der Waals surface area contributed by atoms with E-state index in [9.17, 15) is 12.6 Å². The standard InChI is InChI=1S/C14H15NO4S2/c1-12-8-10-14(11-9-12)21(17,18)19-15-20(2,16)13-6-4-3-5-7-13/h3-11H,1-2H3. The summed E-state index contributed by atoms with van der Waals surface area (Å²) in [7, 11) is -7.00. The minimum atomic E-state index is -4.06. The van der Waals surface area contributed by atoms with E-state index in [4.69, 9.17) is 0 Å². The monoisotopic (exact) mass is 325 g/mol. The SMILES string of the molecule is Cc1ccc(S(=O)(=O)ON=S(C)(=O)c2ccccc2)cc1. The third-order valence-corrected chi connectivity index (χ3v) is 5.48. The number of rotatable bonds is 4. The summed E-state index contributed by atoms with van der Waals surface area (Å²) < 4.78 is 44.4. The van der Waals surface area contributed by atoms with Gasteiger partial charge in [-0.2, -0.15) is 8.42 Å². The van der Waals surface area contributed by atoms with Gasteiger partial charge in [-0.1, -0.05) is 40.4 Å². The van der Waals surface area contributed by atoms with Gasteiger partial charge in [-0.05, 0) is 31.2 Å². The summed E-state index contributed by atoms with van der Waals surface area (Å²) in [5.41, 5.74) is 0.925. The Hall–Kier alpha value is -1.70. The fraction of sp³-hybridized carbons (Fsp3) is 0.143. The lowest BCUT2D eigenvalue weighted by Gasteiger charge is -2.04. The molecule has 0 heterocycles. The predicted molar refractivity (Wildman–Crippen MR) is 80.7 cm³/mol. The Labute approximate surface area is 124 Å². The Bertz CT molecular complexity index is 834. The first-order chi connectivity index (χ1) is 9.81. The molecule has 0 N–H and O–H groups in total. The normalized spacial score (nSPS) is 14.4. The van der Waals surface area contributed by atoms with Gasteiger partial charge in [-0.15, -0.1) is 4.28 Å². The Morgan fingerprint density at radius 1 is 0.857 bits per heavy atom. The molecule has 0 spiro atoms. The average molecular weight is 325 g/mol. The van der Waals surface area contributed by atoms with Gasteiger partial charge in [0, 0.05) is 11.2 Å². The third-order valence-electron chi connectivity index (χ3n) is 2.76. The molecule has 0 bridgehead atoms. The zero-order valence-electron chi connectivity index (χ0n) is 11.6. The first kappa shape index (κ1) is 15.7. The molecule has 1 unspecified atom stereocenters. The van der Waals surface area contributed by atoms with Crippen LogP contribution < -0.4 is 0 Å². The highest BCUT2D eigenvalue weighted by Gasteiger charge is 2.17. The van der Waals surface area contributed by atoms with Gasteiger partial charge >= 0.3 is 10.1 Å². The maximum absolute atomic E-state index is 12.4. The van der Waals surface area contributed by atoms with Gasteiger partial charge in [0.1, 0.15) is 9.73 Å². The molecular weight excluding hydrogens is 310 g/mol. The fourth-order valence-corrected chi connectivity index (χ4v) is 3.65. The summed E-state index contributed by atoms with van der Waals surface area (Å²) in [6.07, 6.45) is 1.33. The van der Waals surface area contributed by atoms with E-state index >= 15 is 0 Å². The second-order valence-electron chi connectivity index (χ2n) is 4.53. The van der Waals surface area contributed by atoms with Crippen LogP contribution in [0.4, 0.5) is 0 Å². The van der Waals surface area contributed by atoms with Gasteiger partial charge in [0.2, 0.25) is 0 Å². The second-order valence-corrected chi connectivity index (χ2v) is 8.29. The molecule has 0 fully saturated rings. The minimum absolute atomic E-state index is 0.0277. The summed E-state index contributed by atoms with van der Waals surface area (Å²) in [5, 5.41) is 0. The van der Waals surface area contributed by atoms with Crippen molar-refractivity contribution in [2.24, 2.45) is 4.53 Å². The molecule has 2 rings (SSSR count). The van der Waals surface area contributed by atoms with Crippen LogP contribution in [0.2, 0.25) is 0 Å². The maximum Gasteiger partial charge on any atom is 0.319 e. The van der Waals surface area contributed by atoms with Crippen molar-refractivity contribution in [2.45, 2.75) is 16.7 Å². The number of benzene rings is 2. The molecule has 0 saturated heterocycles. The van der Waals surface area contributed by atoms with Crippen LogP contribution in [0.5, 0.6) is 0 Å². The highest BCUT2D eigenvalue weighted by atomic mass is 32.2. The Morgan fingerprint density at radius 3 is 2.00 bits per heavy atom. The van der Waals surface area contributed by atoms with Gasteiger partial charge < -0.3 is 0 Å². The van der Waals surface area contributed by atoms with Crippen molar-refractivity contribution in [1.29, 1.82) is 0 Å². The molecule has 0 aromatic heterocycles. The van der Waals surface area contributed by atoms with Crippen LogP contribution in [-0.4, -0.2) is 18.9 Å². The summed E-state index contributed by atoms with van der Waals surface area (Å²) in [6, 6.07) is 14.5. The molecule has 0 aliphatic carbocycles. The topological polar surface area (TPSA) is 72.8 Å². The number of hydrogen-bond acceptors (Lipinski definition) is 5. The summed E-state index contributed by atoms with van der Waals surface area (Å²) in [5.74, 6) is 0. The van der Waals surface area contributed by atoms with Crippen molar-refractivity contribution in [2.75, 3.05) is 6.26 Å². The molecule has 2 aromatic carbocycles. The zero-order chi connectivity index (χ0) is 15.5. The molecule has 2 aromatic rings. The lowest BCUT2D eigenvalue weighted by Crippen LogP contribution is -2.06. The minimum Gasteiger partial charge on any atom is -0.243 e. The van der Waals surface area contributed by atoms with Crippen LogP contribution in [0.1, 0.15) is 5.56 Å². The van der Waals surface area contributed by atoms with Crippen LogP contribution in [-0.2, 0) is 24.1 Å². The van der Waals surface area contributed by atoms with Gasteiger partial charge in [0.15, 0.2) is 0 Å². The van der Waals surface area contributed by atoms with E-state index in [1.807, 2.05) is 6.92 Å². The van der Waals surface area contributed by atoms with Crippen LogP contribution >= 0.6 is 0 Å². The smallest absolute Gasteiger partial charge is 0.243 e. The average Bonchev–Trinajstić information content (AvgIpc) is 2.47. The molecule has 0 amide bonds. The van der Waals surface area contributed by atoms with E-state index < -0.39 is 19.8 Å². The van der Waals surface area contributed by atoms with E-state index in [2.05, 4.69) is 8.81 Å². The van der Waals surface area contributed by atoms with Crippen molar-refractivity contribution in [3.05, 3.63) is 60.2 Å². The first-order valence-electron chi connectivity index (χ1n) is 6.08. The maximum atomic E-state index is 12.4. The highest BCUT2D eigenvalue weighted by molar-refractivity contribution is 7.93. The van der Waals surface area contributed by atoms with Crippen LogP contribution in [0.15, 0.2) is 68.9 Å². The van der Waals surface area contributed by atoms with E-state index in [0.29, 0.717) is 4.90 Å². The van der Waals surface area contributed by atoms with Crippen LogP contribution in [0, 0.1) is 6.92 Å². The van der Waals surface area contributed by atoms with E-state index in [0.717, 1.165) is 5.56 Å². The van der Waals surface area contributed by atoms with E-state index in [1.165, 1.54) is 18.4 Å². The summed E-state index contributed by atoms with van der Waals surface area (Å²) >= 11 is 0. The zero-order valence-corrected chi connectivity index (χ0v) is 13.2. The lowest BCUT2D eigenvalue weighted by molar-refractivity contribution is 0.343. The van der Waals surface area contributed by atoms with E-state index in [-0.39, 0.29) is 4.90 Å². The van der Waals surface area contributed by atoms with Gasteiger partial charge in [0.05, 0.1) is 4.90 Å². The molecule has 112 valence electrons. The molecule has 1 atom stereocenters. The van der Waals surface area contributed by atoms with Crippen LogP contribution in [0.3, 0.4) is 0 Å². The van der Waals surface area contributed by atoms with Crippen molar-refractivity contribution in [3.63, 3.8) is 0 Å². The quantitative estimate of drug-likeness (QED) is 0.810. The van der Waals surface area contributed by atoms with E-state index in [1.54, 1.807) is 42.5 Å². The van der Waals surface area contributed by atoms with Gasteiger partial charge in [-0.3, -0.25) is 0 Å².